The lowest BCUT2D eigenvalue weighted by Gasteiger charge is -2.36. The maximum absolute atomic E-state index is 14.0. The minimum atomic E-state index is -4.79. The van der Waals surface area contributed by atoms with Crippen LogP contribution in [-0.2, 0) is 22.3 Å². The van der Waals surface area contributed by atoms with Crippen LogP contribution in [0.15, 0.2) is 82.6 Å². The lowest BCUT2D eigenvalue weighted by Crippen LogP contribution is -2.63. The van der Waals surface area contributed by atoms with Gasteiger partial charge in [-0.3, -0.25) is 25.3 Å². The zero-order valence-corrected chi connectivity index (χ0v) is 23.6. The number of hydrogen-bond acceptors (Lipinski definition) is 6. The Balaban J connectivity index is 1.47. The fraction of sp³-hybridized carbons (Fsp3) is 0.276. The van der Waals surface area contributed by atoms with E-state index in [1.165, 1.54) is 32.9 Å². The van der Waals surface area contributed by atoms with E-state index < -0.39 is 40.9 Å². The number of halogens is 3. The van der Waals surface area contributed by atoms with Crippen LogP contribution in [0.25, 0.3) is 0 Å². The molecule has 3 aromatic carbocycles. The van der Waals surface area contributed by atoms with Gasteiger partial charge in [0.2, 0.25) is 0 Å². The van der Waals surface area contributed by atoms with Gasteiger partial charge in [-0.2, -0.15) is 13.2 Å². The normalized spacial score (nSPS) is 17.9. The highest BCUT2D eigenvalue weighted by Crippen LogP contribution is 2.41. The van der Waals surface area contributed by atoms with E-state index in [4.69, 9.17) is 9.47 Å². The van der Waals surface area contributed by atoms with Crippen LogP contribution in [-0.4, -0.2) is 45.8 Å². The van der Waals surface area contributed by atoms with Crippen LogP contribution >= 0.6 is 11.8 Å². The molecule has 0 aliphatic carbocycles. The van der Waals surface area contributed by atoms with Crippen molar-refractivity contribution in [3.05, 3.63) is 89.5 Å². The molecule has 0 bridgehead atoms. The third-order valence-corrected chi connectivity index (χ3v) is 7.60. The summed E-state index contributed by atoms with van der Waals surface area (Å²) in [6.45, 7) is 4.24. The van der Waals surface area contributed by atoms with Crippen molar-refractivity contribution in [2.24, 2.45) is 0 Å². The molecule has 3 N–H and O–H groups in total. The number of rotatable bonds is 7. The Kier molecular flexibility index (Phi) is 8.73. The first kappa shape index (κ1) is 30.7. The van der Waals surface area contributed by atoms with Gasteiger partial charge >= 0.3 is 12.3 Å². The first-order valence-electron chi connectivity index (χ1n) is 12.6. The standard InChI is InChI=1S/C29H28F3N3O6S/c1-27(2)35(26(38)39)28(3,17-41-27)25(37)34-33-24(36)19-12-13-23(22(14-19)29(30,31)32)42-21-11-7-10-20(15-21)40-16-18-8-5-4-6-9-18/h4-15H,16-17H2,1-3H3,(H,33,36)(H,34,37)(H,38,39). The summed E-state index contributed by atoms with van der Waals surface area (Å²) in [7, 11) is 0. The fourth-order valence-corrected chi connectivity index (χ4v) is 5.44. The molecule has 9 nitrogen and oxygen atoms in total. The van der Waals surface area contributed by atoms with Gasteiger partial charge in [0.25, 0.3) is 11.8 Å². The van der Waals surface area contributed by atoms with Crippen molar-refractivity contribution in [1.29, 1.82) is 0 Å². The van der Waals surface area contributed by atoms with Crippen molar-refractivity contribution in [3.8, 4) is 5.75 Å². The van der Waals surface area contributed by atoms with Gasteiger partial charge in [0.1, 0.15) is 23.6 Å². The number of nitrogens with zero attached hydrogens (tertiary/aromatic N) is 1. The van der Waals surface area contributed by atoms with Gasteiger partial charge in [0, 0.05) is 15.4 Å². The van der Waals surface area contributed by atoms with Crippen LogP contribution in [0.2, 0.25) is 0 Å². The van der Waals surface area contributed by atoms with Gasteiger partial charge in [0.05, 0.1) is 12.2 Å². The van der Waals surface area contributed by atoms with Crippen molar-refractivity contribution in [2.45, 2.75) is 54.6 Å². The Bertz CT molecular complexity index is 1480. The van der Waals surface area contributed by atoms with E-state index >= 15 is 0 Å². The summed E-state index contributed by atoms with van der Waals surface area (Å²) in [5.74, 6) is -1.46. The van der Waals surface area contributed by atoms with Crippen LogP contribution in [0, 0.1) is 0 Å². The molecule has 0 saturated carbocycles. The Labute approximate surface area is 244 Å². The van der Waals surface area contributed by atoms with Crippen molar-refractivity contribution in [2.75, 3.05) is 6.61 Å². The highest BCUT2D eigenvalue weighted by atomic mass is 32.2. The topological polar surface area (TPSA) is 117 Å². The molecule has 0 radical (unpaired) electrons. The smallest absolute Gasteiger partial charge is 0.417 e. The van der Waals surface area contributed by atoms with Crippen molar-refractivity contribution < 1.29 is 42.1 Å². The van der Waals surface area contributed by atoms with Gasteiger partial charge < -0.3 is 14.6 Å². The number of carbonyl (C=O) groups excluding carboxylic acids is 2. The summed E-state index contributed by atoms with van der Waals surface area (Å²) in [6, 6.07) is 19.1. The van der Waals surface area contributed by atoms with Gasteiger partial charge in [-0.25, -0.2) is 4.79 Å². The molecular weight excluding hydrogens is 575 g/mol. The highest BCUT2D eigenvalue weighted by molar-refractivity contribution is 7.99. The monoisotopic (exact) mass is 603 g/mol. The maximum atomic E-state index is 14.0. The van der Waals surface area contributed by atoms with E-state index in [0.29, 0.717) is 23.3 Å². The second-order valence-corrected chi connectivity index (χ2v) is 11.2. The number of carboxylic acid groups (broad SMARTS) is 1. The molecule has 1 aliphatic heterocycles. The number of hydrazine groups is 1. The second-order valence-electron chi connectivity index (χ2n) is 10.1. The minimum Gasteiger partial charge on any atom is -0.489 e. The summed E-state index contributed by atoms with van der Waals surface area (Å²) >= 11 is 0.858. The average Bonchev–Trinajstić information content (AvgIpc) is 3.20. The molecule has 1 saturated heterocycles. The predicted octanol–water partition coefficient (Wildman–Crippen LogP) is 5.70. The van der Waals surface area contributed by atoms with Crippen LogP contribution in [0.1, 0.15) is 42.3 Å². The Morgan fingerprint density at radius 1 is 1.00 bits per heavy atom. The maximum Gasteiger partial charge on any atom is 0.417 e. The Morgan fingerprint density at radius 2 is 1.71 bits per heavy atom. The van der Waals surface area contributed by atoms with Gasteiger partial charge in [-0.1, -0.05) is 48.2 Å². The van der Waals surface area contributed by atoms with E-state index in [0.717, 1.165) is 22.2 Å². The molecule has 1 atom stereocenters. The summed E-state index contributed by atoms with van der Waals surface area (Å²) in [5.41, 5.74) is 0.690. The molecule has 222 valence electrons. The molecule has 0 aromatic heterocycles. The lowest BCUT2D eigenvalue weighted by molar-refractivity contribution is -0.139. The molecule has 1 aliphatic rings. The molecule has 0 spiro atoms. The third kappa shape index (κ3) is 6.80. The second kappa shape index (κ2) is 11.9. The molecule has 1 heterocycles. The zero-order valence-electron chi connectivity index (χ0n) is 22.8. The molecule has 3 aromatic rings. The largest absolute Gasteiger partial charge is 0.489 e. The molecule has 4 rings (SSSR count). The number of amides is 3. The van der Waals surface area contributed by atoms with E-state index in [1.54, 1.807) is 24.3 Å². The van der Waals surface area contributed by atoms with Crippen LogP contribution in [0.5, 0.6) is 5.75 Å². The van der Waals surface area contributed by atoms with Crippen molar-refractivity contribution in [3.63, 3.8) is 0 Å². The van der Waals surface area contributed by atoms with Crippen molar-refractivity contribution >= 4 is 29.7 Å². The lowest BCUT2D eigenvalue weighted by atomic mass is 10.0. The predicted molar refractivity (Wildman–Crippen MR) is 147 cm³/mol. The van der Waals surface area contributed by atoms with Gasteiger partial charge in [-0.05, 0) is 62.7 Å². The van der Waals surface area contributed by atoms with Crippen LogP contribution in [0.4, 0.5) is 18.0 Å². The van der Waals surface area contributed by atoms with Gasteiger partial charge in [-0.15, -0.1) is 0 Å². The number of carbonyl (C=O) groups is 3. The Hall–Kier alpha value is -4.23. The first-order chi connectivity index (χ1) is 19.7. The summed E-state index contributed by atoms with van der Waals surface area (Å²) in [4.78, 5) is 38.5. The fourth-order valence-electron chi connectivity index (χ4n) is 4.45. The molecule has 1 fully saturated rings. The first-order valence-corrected chi connectivity index (χ1v) is 13.5. The summed E-state index contributed by atoms with van der Waals surface area (Å²) in [6.07, 6.45) is -6.21. The average molecular weight is 604 g/mol. The minimum absolute atomic E-state index is 0.141. The molecule has 1 unspecified atom stereocenters. The van der Waals surface area contributed by atoms with Gasteiger partial charge in [0.15, 0.2) is 0 Å². The SMILES string of the molecule is CC1(C)OCC(C)(C(=O)NNC(=O)c2ccc(Sc3cccc(OCc4ccccc4)c3)c(C(F)(F)F)c2)N1C(=O)O. The third-order valence-electron chi connectivity index (χ3n) is 6.54. The van der Waals surface area contributed by atoms with E-state index in [-0.39, 0.29) is 17.1 Å². The molecular formula is C29H28F3N3O6S. The van der Waals surface area contributed by atoms with E-state index in [9.17, 15) is 32.7 Å². The molecule has 13 heteroatoms. The Morgan fingerprint density at radius 3 is 2.38 bits per heavy atom. The highest BCUT2D eigenvalue weighted by Gasteiger charge is 2.56. The number of benzene rings is 3. The number of alkyl halides is 3. The van der Waals surface area contributed by atoms with E-state index in [1.807, 2.05) is 30.3 Å². The van der Waals surface area contributed by atoms with Crippen LogP contribution < -0.4 is 15.6 Å². The van der Waals surface area contributed by atoms with Crippen LogP contribution in [0.3, 0.4) is 0 Å². The number of nitrogens with one attached hydrogen (secondary N) is 2. The summed E-state index contributed by atoms with van der Waals surface area (Å²) < 4.78 is 53.3. The summed E-state index contributed by atoms with van der Waals surface area (Å²) in [5, 5.41) is 9.58. The molecule has 3 amide bonds. The zero-order chi connectivity index (χ0) is 30.7. The quantitative estimate of drug-likeness (QED) is 0.297. The van der Waals surface area contributed by atoms with E-state index in [2.05, 4.69) is 10.9 Å². The molecule has 42 heavy (non-hydrogen) atoms. The number of ether oxygens (including phenoxy) is 2. The number of hydrogen-bond donors (Lipinski definition) is 3. The van der Waals surface area contributed by atoms with Crippen molar-refractivity contribution in [1.82, 2.24) is 15.8 Å².